The van der Waals surface area contributed by atoms with E-state index in [9.17, 15) is 9.59 Å². The monoisotopic (exact) mass is 292 g/mol. The zero-order valence-electron chi connectivity index (χ0n) is 12.0. The summed E-state index contributed by atoms with van der Waals surface area (Å²) >= 11 is 0. The van der Waals surface area contributed by atoms with Crippen molar-refractivity contribution < 1.29 is 19.4 Å². The Bertz CT molecular complexity index is 524. The number of anilines is 1. The summed E-state index contributed by atoms with van der Waals surface area (Å²) in [6.45, 7) is 3.06. The van der Waals surface area contributed by atoms with Crippen LogP contribution >= 0.6 is 0 Å². The number of aromatic carboxylic acids is 1. The normalized spacial score (nSPS) is 17.5. The molecule has 1 saturated heterocycles. The van der Waals surface area contributed by atoms with Crippen LogP contribution in [0.15, 0.2) is 18.2 Å². The van der Waals surface area contributed by atoms with E-state index in [1.807, 2.05) is 0 Å². The fraction of sp³-hybridized carbons (Fsp3) is 0.467. The zero-order chi connectivity index (χ0) is 15.2. The number of nitrogens with one attached hydrogen (secondary N) is 2. The molecule has 6 nitrogen and oxygen atoms in total. The minimum Gasteiger partial charge on any atom is -0.478 e. The van der Waals surface area contributed by atoms with E-state index in [-0.39, 0.29) is 11.7 Å². The predicted octanol–water partition coefficient (Wildman–Crippen LogP) is 2.38. The number of hydrogen-bond donors (Lipinski definition) is 3. The van der Waals surface area contributed by atoms with Crippen LogP contribution in [0.1, 0.15) is 35.2 Å². The van der Waals surface area contributed by atoms with Gasteiger partial charge in [0.25, 0.3) is 0 Å². The molecule has 0 aliphatic carbocycles. The summed E-state index contributed by atoms with van der Waals surface area (Å²) in [6, 6.07) is 4.48. The lowest BCUT2D eigenvalue weighted by Gasteiger charge is -2.13. The second-order valence-corrected chi connectivity index (χ2v) is 5.11. The quantitative estimate of drug-likeness (QED) is 0.777. The van der Waals surface area contributed by atoms with Gasteiger partial charge in [0, 0.05) is 13.2 Å². The van der Waals surface area contributed by atoms with Crippen molar-refractivity contribution in [2.75, 3.05) is 18.5 Å². The highest BCUT2D eigenvalue weighted by Crippen LogP contribution is 2.20. The van der Waals surface area contributed by atoms with Crippen molar-refractivity contribution in [2.45, 2.75) is 32.3 Å². The van der Waals surface area contributed by atoms with Crippen LogP contribution in [0, 0.1) is 6.92 Å². The maximum atomic E-state index is 11.9. The van der Waals surface area contributed by atoms with Gasteiger partial charge in [0.1, 0.15) is 0 Å². The molecule has 0 spiro atoms. The molecule has 21 heavy (non-hydrogen) atoms. The maximum absolute atomic E-state index is 11.9. The molecule has 0 aromatic heterocycles. The summed E-state index contributed by atoms with van der Waals surface area (Å²) in [7, 11) is 0. The summed E-state index contributed by atoms with van der Waals surface area (Å²) in [5.74, 6) is -1.06. The number of carbonyl (C=O) groups excluding carboxylic acids is 1. The molecule has 6 heteroatoms. The number of ether oxygens (including phenoxy) is 1. The molecule has 1 heterocycles. The second kappa shape index (κ2) is 7.08. The summed E-state index contributed by atoms with van der Waals surface area (Å²) in [5, 5.41) is 14.5. The van der Waals surface area contributed by atoms with Crippen LogP contribution in [0.4, 0.5) is 10.5 Å². The Hall–Kier alpha value is -2.08. The van der Waals surface area contributed by atoms with Crippen molar-refractivity contribution in [1.29, 1.82) is 0 Å². The van der Waals surface area contributed by atoms with E-state index in [0.29, 0.717) is 17.8 Å². The smallest absolute Gasteiger partial charge is 0.337 e. The number of aryl methyl sites for hydroxylation is 1. The van der Waals surface area contributed by atoms with Gasteiger partial charge in [-0.2, -0.15) is 0 Å². The van der Waals surface area contributed by atoms with E-state index in [1.54, 1.807) is 19.1 Å². The molecule has 1 aromatic carbocycles. The van der Waals surface area contributed by atoms with Crippen LogP contribution < -0.4 is 10.6 Å². The number of urea groups is 1. The van der Waals surface area contributed by atoms with Crippen LogP contribution in [0.3, 0.4) is 0 Å². The first kappa shape index (κ1) is 15.3. The Labute approximate surface area is 123 Å². The lowest BCUT2D eigenvalue weighted by molar-refractivity contribution is 0.0698. The Morgan fingerprint density at radius 3 is 2.90 bits per heavy atom. The standard InChI is InChI=1S/C15H20N2O4/c1-10-4-2-6-12(14(18)19)13(10)17-15(20)16-8-7-11-5-3-9-21-11/h2,4,6,11H,3,5,7-9H2,1H3,(H,18,19)(H2,16,17,20). The van der Waals surface area contributed by atoms with Gasteiger partial charge in [-0.15, -0.1) is 0 Å². The van der Waals surface area contributed by atoms with Gasteiger partial charge < -0.3 is 20.5 Å². The third-order valence-corrected chi connectivity index (χ3v) is 3.52. The molecule has 1 aromatic rings. The number of para-hydroxylation sites is 1. The van der Waals surface area contributed by atoms with Crippen molar-refractivity contribution >= 4 is 17.7 Å². The van der Waals surface area contributed by atoms with Crippen LogP contribution in [0.5, 0.6) is 0 Å². The third-order valence-electron chi connectivity index (χ3n) is 3.52. The molecule has 0 bridgehead atoms. The van der Waals surface area contributed by atoms with E-state index in [1.165, 1.54) is 6.07 Å². The van der Waals surface area contributed by atoms with Crippen molar-refractivity contribution in [3.8, 4) is 0 Å². The lowest BCUT2D eigenvalue weighted by atomic mass is 10.1. The Morgan fingerprint density at radius 1 is 1.43 bits per heavy atom. The number of carboxylic acids is 1. The van der Waals surface area contributed by atoms with Gasteiger partial charge >= 0.3 is 12.0 Å². The Morgan fingerprint density at radius 2 is 2.24 bits per heavy atom. The minimum atomic E-state index is -1.06. The van der Waals surface area contributed by atoms with Gasteiger partial charge in [0.2, 0.25) is 0 Å². The predicted molar refractivity (Wildman–Crippen MR) is 78.8 cm³/mol. The highest BCUT2D eigenvalue weighted by molar-refractivity contribution is 6.00. The summed E-state index contributed by atoms with van der Waals surface area (Å²) in [5.41, 5.74) is 1.13. The molecule has 0 radical (unpaired) electrons. The minimum absolute atomic E-state index is 0.0873. The van der Waals surface area contributed by atoms with E-state index >= 15 is 0 Å². The first-order valence-electron chi connectivity index (χ1n) is 7.07. The molecule has 2 rings (SSSR count). The van der Waals surface area contributed by atoms with E-state index < -0.39 is 12.0 Å². The van der Waals surface area contributed by atoms with Crippen molar-refractivity contribution in [3.63, 3.8) is 0 Å². The van der Waals surface area contributed by atoms with Gasteiger partial charge in [-0.3, -0.25) is 0 Å². The molecular formula is C15H20N2O4. The summed E-state index contributed by atoms with van der Waals surface area (Å²) in [4.78, 5) is 23.0. The number of amides is 2. The molecule has 0 saturated carbocycles. The van der Waals surface area contributed by atoms with Crippen LogP contribution in [0.25, 0.3) is 0 Å². The first-order chi connectivity index (χ1) is 10.1. The van der Waals surface area contributed by atoms with Crippen molar-refractivity contribution in [1.82, 2.24) is 5.32 Å². The van der Waals surface area contributed by atoms with E-state index in [2.05, 4.69) is 10.6 Å². The van der Waals surface area contributed by atoms with E-state index in [4.69, 9.17) is 9.84 Å². The molecule has 3 N–H and O–H groups in total. The number of benzene rings is 1. The topological polar surface area (TPSA) is 87.7 Å². The highest BCUT2D eigenvalue weighted by Gasteiger charge is 2.16. The Balaban J connectivity index is 1.88. The van der Waals surface area contributed by atoms with Crippen molar-refractivity contribution in [3.05, 3.63) is 29.3 Å². The van der Waals surface area contributed by atoms with E-state index in [0.717, 1.165) is 25.9 Å². The third kappa shape index (κ3) is 4.19. The Kier molecular flexibility index (Phi) is 5.16. The van der Waals surface area contributed by atoms with Gasteiger partial charge in [0.15, 0.2) is 0 Å². The number of carboxylic acid groups (broad SMARTS) is 1. The second-order valence-electron chi connectivity index (χ2n) is 5.11. The fourth-order valence-corrected chi connectivity index (χ4v) is 2.39. The SMILES string of the molecule is Cc1cccc(C(=O)O)c1NC(=O)NCCC1CCCO1. The molecule has 1 unspecified atom stereocenters. The van der Waals surface area contributed by atoms with Gasteiger partial charge in [0.05, 0.1) is 17.4 Å². The molecule has 1 aliphatic rings. The van der Waals surface area contributed by atoms with Crippen LogP contribution in [-0.4, -0.2) is 36.4 Å². The number of rotatable bonds is 5. The molecule has 1 aliphatic heterocycles. The largest absolute Gasteiger partial charge is 0.478 e. The lowest BCUT2D eigenvalue weighted by Crippen LogP contribution is -2.32. The number of carbonyl (C=O) groups is 2. The van der Waals surface area contributed by atoms with Gasteiger partial charge in [-0.1, -0.05) is 12.1 Å². The number of hydrogen-bond acceptors (Lipinski definition) is 3. The van der Waals surface area contributed by atoms with Crippen LogP contribution in [-0.2, 0) is 4.74 Å². The summed E-state index contributed by atoms with van der Waals surface area (Å²) in [6.07, 6.45) is 3.09. The fourth-order valence-electron chi connectivity index (χ4n) is 2.39. The van der Waals surface area contributed by atoms with Gasteiger partial charge in [-0.05, 0) is 37.8 Å². The van der Waals surface area contributed by atoms with Gasteiger partial charge in [-0.25, -0.2) is 9.59 Å². The highest BCUT2D eigenvalue weighted by atomic mass is 16.5. The van der Waals surface area contributed by atoms with Crippen LogP contribution in [0.2, 0.25) is 0 Å². The zero-order valence-corrected chi connectivity index (χ0v) is 12.0. The average Bonchev–Trinajstić information content (AvgIpc) is 2.94. The van der Waals surface area contributed by atoms with Crippen molar-refractivity contribution in [2.24, 2.45) is 0 Å². The first-order valence-corrected chi connectivity index (χ1v) is 7.07. The average molecular weight is 292 g/mol. The molecule has 114 valence electrons. The molecular weight excluding hydrogens is 272 g/mol. The molecule has 2 amide bonds. The maximum Gasteiger partial charge on any atom is 0.337 e. The summed E-state index contributed by atoms with van der Waals surface area (Å²) < 4.78 is 5.47. The molecule has 1 atom stereocenters. The molecule has 1 fully saturated rings.